The van der Waals surface area contributed by atoms with Crippen molar-refractivity contribution in [2.75, 3.05) is 54.2 Å². The van der Waals surface area contributed by atoms with E-state index in [4.69, 9.17) is 11.5 Å². The molecular formula is C59H81N15O21S6. The van der Waals surface area contributed by atoms with Crippen molar-refractivity contribution in [3.8, 4) is 11.5 Å². The number of primary amides is 1. The number of benzene rings is 2. The molecule has 13 atom stereocenters. The number of nitrogens with zero attached hydrogens (tertiary/aromatic N) is 1. The van der Waals surface area contributed by atoms with Gasteiger partial charge in [-0.25, -0.2) is 4.79 Å². The highest BCUT2D eigenvalue weighted by Gasteiger charge is 2.41. The fraction of sp³-hybridized carbons (Fsp3) is 0.525. The van der Waals surface area contributed by atoms with E-state index in [2.05, 4.69) is 63.8 Å². The summed E-state index contributed by atoms with van der Waals surface area (Å²) in [6.45, 7) is 1.17. The Hall–Kier alpha value is -8.42. The third-order valence-electron chi connectivity index (χ3n) is 15.1. The van der Waals surface area contributed by atoms with Crippen LogP contribution in [-0.2, 0) is 89.6 Å². The molecule has 0 aromatic heterocycles. The summed E-state index contributed by atoms with van der Waals surface area (Å²) in [5.74, 6) is -18.1. The van der Waals surface area contributed by atoms with Crippen LogP contribution in [0.5, 0.6) is 11.5 Å². The number of amides is 14. The van der Waals surface area contributed by atoms with E-state index in [1.165, 1.54) is 55.5 Å². The number of hydrogen-bond acceptors (Lipinski definition) is 26. The Kier molecular flexibility index (Phi) is 34.7. The Balaban J connectivity index is 1.55. The zero-order valence-electron chi connectivity index (χ0n) is 54.3. The van der Waals surface area contributed by atoms with Crippen molar-refractivity contribution in [1.82, 2.24) is 68.7 Å². The van der Waals surface area contributed by atoms with Crippen LogP contribution in [0.4, 0.5) is 0 Å². The molecular weight excluding hydrogens is 1450 g/mol. The Morgan fingerprint density at radius 1 is 0.644 bits per heavy atom. The van der Waals surface area contributed by atoms with Gasteiger partial charge in [-0.1, -0.05) is 89.0 Å². The SMILES string of the molecule is C[C@@H]1NC(=O)[C@@H]2CCCN2C(=O)[C@H](CC(N)=O)NC(=O)[C@@H](NC=O)CSSC[C@H](N)C(=O)N[C@H]2CSSC[C@H](NC1=O)C(=O)NC([C@@H](C)O)C(=O)NCC(=O)N[C@H](C(=O)N[C@@H](Cc1ccc(O)cc1)C(=O)O)CSSCCNC(=O)[C@H](Cc1ccc(O)cc1)NC(=O)[C@@H](CCC(=O)O)NC2=O. The zero-order chi connectivity index (χ0) is 74.5. The molecule has 0 radical (unpaired) electrons. The van der Waals surface area contributed by atoms with Gasteiger partial charge in [-0.15, -0.1) is 0 Å². The number of carbonyl (C=O) groups is 16. The van der Waals surface area contributed by atoms with Gasteiger partial charge >= 0.3 is 11.9 Å². The first-order valence-electron chi connectivity index (χ1n) is 31.2. The van der Waals surface area contributed by atoms with Crippen LogP contribution in [0.25, 0.3) is 0 Å². The smallest absolute Gasteiger partial charge is 0.326 e. The average Bonchev–Trinajstić information content (AvgIpc) is 1.77. The molecule has 3 fully saturated rings. The molecule has 1 unspecified atom stereocenters. The number of carboxylic acid groups (broad SMARTS) is 2. The van der Waals surface area contributed by atoms with Crippen molar-refractivity contribution in [1.29, 1.82) is 0 Å². The molecule has 554 valence electrons. The van der Waals surface area contributed by atoms with E-state index in [9.17, 15) is 102 Å². The summed E-state index contributed by atoms with van der Waals surface area (Å²) in [5, 5.41) is 80.0. The summed E-state index contributed by atoms with van der Waals surface area (Å²) in [4.78, 5) is 219. The molecule has 0 saturated carbocycles. The van der Waals surface area contributed by atoms with Crippen molar-refractivity contribution < 1.29 is 102 Å². The van der Waals surface area contributed by atoms with Crippen LogP contribution in [0.1, 0.15) is 57.1 Å². The van der Waals surface area contributed by atoms with E-state index in [1.807, 2.05) is 0 Å². The van der Waals surface area contributed by atoms with Crippen LogP contribution >= 0.6 is 64.8 Å². The van der Waals surface area contributed by atoms with E-state index in [0.717, 1.165) is 76.6 Å². The lowest BCUT2D eigenvalue weighted by Gasteiger charge is -2.30. The van der Waals surface area contributed by atoms with Crippen molar-refractivity contribution in [2.45, 2.75) is 137 Å². The molecule has 0 spiro atoms. The second-order valence-electron chi connectivity index (χ2n) is 23.0. The van der Waals surface area contributed by atoms with E-state index < -0.39 is 205 Å². The summed E-state index contributed by atoms with van der Waals surface area (Å²) in [5.41, 5.74) is 12.6. The summed E-state index contributed by atoms with van der Waals surface area (Å²) >= 11 is 0. The first-order valence-corrected chi connectivity index (χ1v) is 38.6. The van der Waals surface area contributed by atoms with E-state index in [-0.39, 0.29) is 79.7 Å². The lowest BCUT2D eigenvalue weighted by atomic mass is 10.0. The minimum absolute atomic E-state index is 0.0238. The minimum atomic E-state index is -1.91. The Morgan fingerprint density at radius 3 is 1.84 bits per heavy atom. The Labute approximate surface area is 601 Å². The minimum Gasteiger partial charge on any atom is -0.508 e. The highest BCUT2D eigenvalue weighted by molar-refractivity contribution is 8.77. The summed E-state index contributed by atoms with van der Waals surface area (Å²) in [6, 6.07) is -8.07. The standard InChI is InChI=1S/C59H81N15O21S6/c1-28-48(83)71-42-26-101-100-25-41(72-49(84)34(60)22-97-99-23-39(64-27-75)52(87)69-37(20-44(61)79)58(93)74-16-3-4-43(74)56(91)65-28)54(89)67-35(13-14-46(81)82)51(86)68-36(18-30-5-9-32(77)10-6-30)50(85)62-15-17-96-98-24-40(66-45(80)21-63-57(92)47(29(2)76)73-55(42)90)53(88)70-38(59(94)95)19-31-7-11-33(78)12-8-31/h5-12,27-29,34-43,47,76-78H,3-4,13-26,60H2,1-2H3,(H2,61,79)(H,62,85)(H,63,92)(H,64,75)(H,65,91)(H,66,80)(H,67,89)(H,68,86)(H,69,87)(H,70,88)(H,71,83)(H,72,84)(H,73,90)(H,81,82)(H,94,95)/t28-,29+,34-,35+,36-,37-,38-,39-,40-,41-,42-,43-,47?/m0/s1. The zero-order valence-corrected chi connectivity index (χ0v) is 59.2. The van der Waals surface area contributed by atoms with Crippen molar-refractivity contribution in [2.24, 2.45) is 11.5 Å². The number of nitrogens with one attached hydrogen (secondary N) is 12. The van der Waals surface area contributed by atoms with Crippen LogP contribution in [0, 0.1) is 0 Å². The monoisotopic (exact) mass is 1530 g/mol. The first kappa shape index (κ1) is 83.2. The maximum Gasteiger partial charge on any atom is 0.326 e. The molecule has 101 heavy (non-hydrogen) atoms. The van der Waals surface area contributed by atoms with Gasteiger partial charge < -0.3 is 106 Å². The summed E-state index contributed by atoms with van der Waals surface area (Å²) < 4.78 is 0. The van der Waals surface area contributed by atoms with Crippen LogP contribution in [0.15, 0.2) is 48.5 Å². The molecule has 36 nitrogen and oxygen atoms in total. The summed E-state index contributed by atoms with van der Waals surface area (Å²) in [7, 11) is 5.44. The number of aliphatic carboxylic acids is 2. The maximum absolute atomic E-state index is 14.6. The van der Waals surface area contributed by atoms with Gasteiger partial charge in [0.15, 0.2) is 0 Å². The molecule has 2 bridgehead atoms. The van der Waals surface area contributed by atoms with E-state index >= 15 is 0 Å². The second kappa shape index (κ2) is 42.1. The van der Waals surface area contributed by atoms with E-state index in [0.29, 0.717) is 11.1 Å². The largest absolute Gasteiger partial charge is 0.508 e. The predicted octanol–water partition coefficient (Wildman–Crippen LogP) is -5.69. The van der Waals surface area contributed by atoms with Crippen LogP contribution in [-0.4, -0.2) is 258 Å². The van der Waals surface area contributed by atoms with Gasteiger partial charge in [0.05, 0.1) is 25.1 Å². The fourth-order valence-corrected chi connectivity index (χ4v) is 16.4. The van der Waals surface area contributed by atoms with Gasteiger partial charge in [-0.05, 0) is 68.5 Å². The maximum atomic E-state index is 14.6. The van der Waals surface area contributed by atoms with Crippen molar-refractivity contribution in [3.63, 3.8) is 0 Å². The number of rotatable bonds is 15. The second-order valence-corrected chi connectivity index (χ2v) is 30.7. The molecule has 2 aromatic rings. The number of phenols is 2. The highest BCUT2D eigenvalue weighted by atomic mass is 33.1. The first-order chi connectivity index (χ1) is 47.9. The lowest BCUT2D eigenvalue weighted by molar-refractivity contribution is -0.143. The van der Waals surface area contributed by atoms with E-state index in [1.54, 1.807) is 0 Å². The van der Waals surface area contributed by atoms with Crippen LogP contribution < -0.4 is 75.3 Å². The number of aliphatic hydroxyl groups excluding tert-OH is 1. The number of hydrogen-bond donors (Lipinski definition) is 19. The van der Waals surface area contributed by atoms with Crippen LogP contribution in [0.3, 0.4) is 0 Å². The molecule has 3 saturated heterocycles. The van der Waals surface area contributed by atoms with Gasteiger partial charge in [0.1, 0.15) is 78.0 Å². The Bertz CT molecular complexity index is 3310. The third-order valence-corrected chi connectivity index (χ3v) is 22.4. The molecule has 3 heterocycles. The van der Waals surface area contributed by atoms with Gasteiger partial charge in [0.25, 0.3) is 0 Å². The fourth-order valence-electron chi connectivity index (χ4n) is 9.70. The number of nitrogens with two attached hydrogens (primary N) is 2. The number of carboxylic acids is 2. The lowest BCUT2D eigenvalue weighted by Crippen LogP contribution is -2.61. The molecule has 2 aromatic carbocycles. The van der Waals surface area contributed by atoms with Gasteiger partial charge in [-0.3, -0.25) is 71.9 Å². The molecule has 42 heteroatoms. The Morgan fingerprint density at radius 2 is 1.23 bits per heavy atom. The predicted molar refractivity (Wildman–Crippen MR) is 373 cm³/mol. The number of carbonyl (C=O) groups excluding carboxylic acids is 14. The van der Waals surface area contributed by atoms with Gasteiger partial charge in [0.2, 0.25) is 83.2 Å². The normalized spacial score (nSPS) is 26.2. The van der Waals surface area contributed by atoms with Crippen molar-refractivity contribution in [3.05, 3.63) is 59.7 Å². The number of aliphatic hydroxyl groups is 1. The highest BCUT2D eigenvalue weighted by Crippen LogP contribution is 2.27. The number of fused-ring (bicyclic) bond motifs is 6. The van der Waals surface area contributed by atoms with Gasteiger partial charge in [-0.2, -0.15) is 0 Å². The molecule has 3 aliphatic rings. The number of aromatic hydroxyl groups is 2. The molecule has 0 aliphatic carbocycles. The summed E-state index contributed by atoms with van der Waals surface area (Å²) in [6.07, 6.45) is -3.92. The van der Waals surface area contributed by atoms with Crippen LogP contribution in [0.2, 0.25) is 0 Å². The molecule has 3 aliphatic heterocycles. The number of phenolic OH excluding ortho intramolecular Hbond substituents is 2. The molecule has 14 amide bonds. The topological polar surface area (TPSA) is 574 Å². The quantitative estimate of drug-likeness (QED) is 0.0584. The molecule has 21 N–H and O–H groups in total. The van der Waals surface area contributed by atoms with Gasteiger partial charge in [0, 0.05) is 66.9 Å². The van der Waals surface area contributed by atoms with Crippen molar-refractivity contribution >= 4 is 160 Å². The average molecular weight is 1530 g/mol. The third kappa shape index (κ3) is 28.1. The molecule has 5 rings (SSSR count).